The molecule has 17 heavy (non-hydrogen) atoms. The molecule has 0 radical (unpaired) electrons. The monoisotopic (exact) mass is 291 g/mol. The normalized spacial score (nSPS) is 9.94. The number of halogens is 1. The molecule has 5 heteroatoms. The highest BCUT2D eigenvalue weighted by Crippen LogP contribution is 2.14. The Morgan fingerprint density at radius 1 is 1.29 bits per heavy atom. The molecule has 2 aromatic rings. The van der Waals surface area contributed by atoms with Gasteiger partial charge in [0.1, 0.15) is 5.82 Å². The summed E-state index contributed by atoms with van der Waals surface area (Å²) < 4.78 is 0.862. The maximum absolute atomic E-state index is 11.9. The van der Waals surface area contributed by atoms with E-state index in [1.807, 2.05) is 6.07 Å². The first-order valence-corrected chi connectivity index (χ1v) is 5.73. The number of nitrogens with two attached hydrogens (primary N) is 1. The number of nitrogen functional groups attached to an aromatic ring is 1. The number of benzene rings is 1. The molecule has 1 amide bonds. The van der Waals surface area contributed by atoms with Gasteiger partial charge in [-0.05, 0) is 30.3 Å². The SMILES string of the molecule is Nc1ccc(NC(=O)c2cccc(Br)c2)cn1. The number of amides is 1. The molecule has 0 atom stereocenters. The van der Waals surface area contributed by atoms with Crippen molar-refractivity contribution in [3.05, 3.63) is 52.6 Å². The number of nitrogens with zero attached hydrogens (tertiary/aromatic N) is 1. The van der Waals surface area contributed by atoms with Crippen LogP contribution in [0.25, 0.3) is 0 Å². The number of rotatable bonds is 2. The average molecular weight is 292 g/mol. The van der Waals surface area contributed by atoms with Gasteiger partial charge in [0.2, 0.25) is 0 Å². The molecule has 0 saturated heterocycles. The summed E-state index contributed by atoms with van der Waals surface area (Å²) in [6.07, 6.45) is 1.52. The Balaban J connectivity index is 2.14. The average Bonchev–Trinajstić information content (AvgIpc) is 2.32. The number of hydrogen-bond acceptors (Lipinski definition) is 3. The summed E-state index contributed by atoms with van der Waals surface area (Å²) in [6.45, 7) is 0. The lowest BCUT2D eigenvalue weighted by Gasteiger charge is -2.05. The van der Waals surface area contributed by atoms with Crippen molar-refractivity contribution in [2.75, 3.05) is 11.1 Å². The fourth-order valence-corrected chi connectivity index (χ4v) is 1.71. The van der Waals surface area contributed by atoms with E-state index in [1.165, 1.54) is 6.20 Å². The van der Waals surface area contributed by atoms with Gasteiger partial charge in [0.05, 0.1) is 11.9 Å². The Morgan fingerprint density at radius 2 is 2.12 bits per heavy atom. The van der Waals surface area contributed by atoms with Gasteiger partial charge in [-0.15, -0.1) is 0 Å². The summed E-state index contributed by atoms with van der Waals surface area (Å²) in [6, 6.07) is 10.5. The standard InChI is InChI=1S/C12H10BrN3O/c13-9-3-1-2-8(6-9)12(17)16-10-4-5-11(14)15-7-10/h1-7H,(H2,14,15)(H,16,17). The molecule has 86 valence electrons. The first-order chi connectivity index (χ1) is 8.15. The number of pyridine rings is 1. The molecule has 0 fully saturated rings. The topological polar surface area (TPSA) is 68.0 Å². The smallest absolute Gasteiger partial charge is 0.255 e. The van der Waals surface area contributed by atoms with Crippen LogP contribution >= 0.6 is 15.9 Å². The molecule has 2 rings (SSSR count). The van der Waals surface area contributed by atoms with Crippen molar-refractivity contribution in [1.29, 1.82) is 0 Å². The lowest BCUT2D eigenvalue weighted by atomic mass is 10.2. The number of carbonyl (C=O) groups excluding carboxylic acids is 1. The summed E-state index contributed by atoms with van der Waals surface area (Å²) in [5.74, 6) is 0.239. The number of anilines is 2. The molecule has 0 aliphatic carbocycles. The highest BCUT2D eigenvalue weighted by Gasteiger charge is 2.06. The maximum Gasteiger partial charge on any atom is 0.255 e. The molecule has 3 N–H and O–H groups in total. The molecule has 0 saturated carbocycles. The van der Waals surface area contributed by atoms with Crippen molar-refractivity contribution < 1.29 is 4.79 Å². The van der Waals surface area contributed by atoms with E-state index in [1.54, 1.807) is 30.3 Å². The van der Waals surface area contributed by atoms with Crippen molar-refractivity contribution in [2.24, 2.45) is 0 Å². The highest BCUT2D eigenvalue weighted by molar-refractivity contribution is 9.10. The van der Waals surface area contributed by atoms with Gasteiger partial charge in [-0.3, -0.25) is 4.79 Å². The van der Waals surface area contributed by atoms with Gasteiger partial charge in [0, 0.05) is 10.0 Å². The molecular formula is C12H10BrN3O. The van der Waals surface area contributed by atoms with Crippen LogP contribution in [0.1, 0.15) is 10.4 Å². The van der Waals surface area contributed by atoms with E-state index in [2.05, 4.69) is 26.2 Å². The van der Waals surface area contributed by atoms with E-state index >= 15 is 0 Å². The second-order valence-corrected chi connectivity index (χ2v) is 4.35. The molecule has 0 aliphatic rings. The van der Waals surface area contributed by atoms with Crippen LogP contribution in [0.2, 0.25) is 0 Å². The van der Waals surface area contributed by atoms with Gasteiger partial charge >= 0.3 is 0 Å². The molecular weight excluding hydrogens is 282 g/mol. The molecule has 0 bridgehead atoms. The van der Waals surface area contributed by atoms with E-state index in [-0.39, 0.29) is 5.91 Å². The number of carbonyl (C=O) groups is 1. The third-order valence-electron chi connectivity index (χ3n) is 2.13. The minimum absolute atomic E-state index is 0.183. The van der Waals surface area contributed by atoms with Crippen LogP contribution in [-0.2, 0) is 0 Å². The van der Waals surface area contributed by atoms with E-state index in [0.717, 1.165) is 4.47 Å². The minimum atomic E-state index is -0.183. The fourth-order valence-electron chi connectivity index (χ4n) is 1.31. The second kappa shape index (κ2) is 4.97. The third-order valence-corrected chi connectivity index (χ3v) is 2.62. The molecule has 0 unspecified atom stereocenters. The number of hydrogen-bond donors (Lipinski definition) is 2. The molecule has 4 nitrogen and oxygen atoms in total. The summed E-state index contributed by atoms with van der Waals surface area (Å²) in [5.41, 5.74) is 6.65. The zero-order valence-electron chi connectivity index (χ0n) is 8.85. The van der Waals surface area contributed by atoms with Crippen molar-refractivity contribution in [3.8, 4) is 0 Å². The quantitative estimate of drug-likeness (QED) is 0.894. The lowest BCUT2D eigenvalue weighted by molar-refractivity contribution is 0.102. The Bertz CT molecular complexity index is 540. The van der Waals surface area contributed by atoms with E-state index < -0.39 is 0 Å². The van der Waals surface area contributed by atoms with Crippen LogP contribution in [0.5, 0.6) is 0 Å². The fraction of sp³-hybridized carbons (Fsp3) is 0. The molecule has 1 heterocycles. The largest absolute Gasteiger partial charge is 0.384 e. The van der Waals surface area contributed by atoms with Gasteiger partial charge in [-0.2, -0.15) is 0 Å². The van der Waals surface area contributed by atoms with Gasteiger partial charge in [0.15, 0.2) is 0 Å². The summed E-state index contributed by atoms with van der Waals surface area (Å²) in [7, 11) is 0. The zero-order chi connectivity index (χ0) is 12.3. The van der Waals surface area contributed by atoms with Crippen LogP contribution in [0.3, 0.4) is 0 Å². The zero-order valence-corrected chi connectivity index (χ0v) is 10.4. The number of aromatic nitrogens is 1. The summed E-state index contributed by atoms with van der Waals surface area (Å²) >= 11 is 3.32. The van der Waals surface area contributed by atoms with E-state index in [4.69, 9.17) is 5.73 Å². The maximum atomic E-state index is 11.9. The predicted octanol–water partition coefficient (Wildman–Crippen LogP) is 2.68. The molecule has 0 aliphatic heterocycles. The van der Waals surface area contributed by atoms with Gasteiger partial charge < -0.3 is 11.1 Å². The Labute approximate surface area is 107 Å². The Kier molecular flexibility index (Phi) is 3.39. The van der Waals surface area contributed by atoms with Crippen LogP contribution < -0.4 is 11.1 Å². The van der Waals surface area contributed by atoms with E-state index in [9.17, 15) is 4.79 Å². The lowest BCUT2D eigenvalue weighted by Crippen LogP contribution is -2.12. The van der Waals surface area contributed by atoms with Crippen LogP contribution in [0.15, 0.2) is 47.1 Å². The predicted molar refractivity (Wildman–Crippen MR) is 70.7 cm³/mol. The molecule has 1 aromatic carbocycles. The Morgan fingerprint density at radius 3 is 2.76 bits per heavy atom. The summed E-state index contributed by atoms with van der Waals surface area (Å²) in [4.78, 5) is 15.8. The minimum Gasteiger partial charge on any atom is -0.384 e. The van der Waals surface area contributed by atoms with E-state index in [0.29, 0.717) is 17.1 Å². The summed E-state index contributed by atoms with van der Waals surface area (Å²) in [5, 5.41) is 2.73. The first-order valence-electron chi connectivity index (χ1n) is 4.93. The van der Waals surface area contributed by atoms with Crippen LogP contribution in [-0.4, -0.2) is 10.9 Å². The van der Waals surface area contributed by atoms with Gasteiger partial charge in [0.25, 0.3) is 5.91 Å². The first kappa shape index (κ1) is 11.6. The van der Waals surface area contributed by atoms with Gasteiger partial charge in [-0.1, -0.05) is 22.0 Å². The van der Waals surface area contributed by atoms with Gasteiger partial charge in [-0.25, -0.2) is 4.98 Å². The van der Waals surface area contributed by atoms with Crippen LogP contribution in [0, 0.1) is 0 Å². The van der Waals surface area contributed by atoms with Crippen molar-refractivity contribution >= 4 is 33.3 Å². The van der Waals surface area contributed by atoms with Crippen molar-refractivity contribution in [3.63, 3.8) is 0 Å². The third kappa shape index (κ3) is 3.04. The van der Waals surface area contributed by atoms with Crippen molar-refractivity contribution in [1.82, 2.24) is 4.98 Å². The number of nitrogens with one attached hydrogen (secondary N) is 1. The molecule has 1 aromatic heterocycles. The Hall–Kier alpha value is -1.88. The second-order valence-electron chi connectivity index (χ2n) is 3.44. The molecule has 0 spiro atoms. The highest BCUT2D eigenvalue weighted by atomic mass is 79.9. The van der Waals surface area contributed by atoms with Crippen LogP contribution in [0.4, 0.5) is 11.5 Å². The van der Waals surface area contributed by atoms with Crippen molar-refractivity contribution in [2.45, 2.75) is 0 Å².